The maximum absolute atomic E-state index is 12.6. The monoisotopic (exact) mass is 403 g/mol. The van der Waals surface area contributed by atoms with Crippen LogP contribution in [0.2, 0.25) is 0 Å². The highest BCUT2D eigenvalue weighted by Gasteiger charge is 2.65. The number of anilines is 1. The number of alkyl carbamates (subject to hydrolysis) is 1. The maximum Gasteiger partial charge on any atom is 0.407 e. The third kappa shape index (κ3) is 3.58. The standard InChI is InChI=1S/C20H29N5O4/c1-10(2)22-19(28)29-12-4-3-11(7-12)15-8-16(25-24-15)23-17(26)13-9-20(18(21)27)6-5-14(13)20/h8,10-14H,3-7,9H2,1-2H3,(H2,21,27)(H,22,28)(H2,23,24,25,26)/t11-,12+,13?,14?,20?/m0/s1. The molecule has 0 spiro atoms. The first-order valence-electron chi connectivity index (χ1n) is 10.4. The molecule has 29 heavy (non-hydrogen) atoms. The molecule has 5 atom stereocenters. The van der Waals surface area contributed by atoms with Gasteiger partial charge in [-0.3, -0.25) is 14.7 Å². The summed E-state index contributed by atoms with van der Waals surface area (Å²) in [5.41, 5.74) is 5.99. The lowest BCUT2D eigenvalue weighted by Crippen LogP contribution is -2.64. The summed E-state index contributed by atoms with van der Waals surface area (Å²) in [6.07, 6.45) is 4.13. The fourth-order valence-corrected chi connectivity index (χ4v) is 5.13. The van der Waals surface area contributed by atoms with Gasteiger partial charge in [0.05, 0.1) is 5.41 Å². The van der Waals surface area contributed by atoms with Crippen molar-refractivity contribution in [3.05, 3.63) is 11.8 Å². The number of H-pyrrole nitrogens is 1. The molecule has 9 heteroatoms. The number of amides is 3. The lowest BCUT2D eigenvalue weighted by molar-refractivity contribution is -0.173. The second-order valence-corrected chi connectivity index (χ2v) is 9.01. The number of nitrogens with one attached hydrogen (secondary N) is 3. The normalized spacial score (nSPS) is 32.7. The quantitative estimate of drug-likeness (QED) is 0.575. The summed E-state index contributed by atoms with van der Waals surface area (Å²) in [5.74, 6) is 0.233. The number of carbonyl (C=O) groups excluding carboxylic acids is 3. The van der Waals surface area contributed by atoms with Gasteiger partial charge in [-0.15, -0.1) is 0 Å². The lowest BCUT2D eigenvalue weighted by Gasteiger charge is -2.60. The van der Waals surface area contributed by atoms with Crippen LogP contribution in [0, 0.1) is 17.3 Å². The van der Waals surface area contributed by atoms with Gasteiger partial charge in [0.25, 0.3) is 0 Å². The number of hydrogen-bond acceptors (Lipinski definition) is 5. The van der Waals surface area contributed by atoms with Gasteiger partial charge in [-0.2, -0.15) is 5.10 Å². The zero-order chi connectivity index (χ0) is 20.8. The van der Waals surface area contributed by atoms with Crippen LogP contribution in [0.5, 0.6) is 0 Å². The second kappa shape index (κ2) is 7.35. The Bertz CT molecular complexity index is 822. The molecule has 9 nitrogen and oxygen atoms in total. The van der Waals surface area contributed by atoms with Crippen molar-refractivity contribution < 1.29 is 19.1 Å². The molecule has 4 rings (SSSR count). The first-order valence-corrected chi connectivity index (χ1v) is 10.4. The number of aromatic nitrogens is 2. The van der Waals surface area contributed by atoms with Gasteiger partial charge in [-0.25, -0.2) is 4.79 Å². The Morgan fingerprint density at radius 1 is 1.31 bits per heavy atom. The molecule has 5 N–H and O–H groups in total. The van der Waals surface area contributed by atoms with Crippen LogP contribution in [-0.2, 0) is 14.3 Å². The lowest BCUT2D eigenvalue weighted by atomic mass is 9.42. The Balaban J connectivity index is 1.28. The van der Waals surface area contributed by atoms with Crippen LogP contribution < -0.4 is 16.4 Å². The van der Waals surface area contributed by atoms with Gasteiger partial charge in [-0.1, -0.05) is 0 Å². The summed E-state index contributed by atoms with van der Waals surface area (Å²) in [6.45, 7) is 3.78. The zero-order valence-electron chi connectivity index (χ0n) is 16.9. The smallest absolute Gasteiger partial charge is 0.407 e. The van der Waals surface area contributed by atoms with E-state index in [0.717, 1.165) is 37.8 Å². The molecule has 3 fully saturated rings. The average molecular weight is 403 g/mol. The van der Waals surface area contributed by atoms with Gasteiger partial charge in [0.15, 0.2) is 5.82 Å². The third-order valence-electron chi connectivity index (χ3n) is 6.86. The van der Waals surface area contributed by atoms with E-state index in [9.17, 15) is 14.4 Å². The molecule has 0 aromatic carbocycles. The fraction of sp³-hybridized carbons (Fsp3) is 0.700. The fourth-order valence-electron chi connectivity index (χ4n) is 5.13. The Kier molecular flexibility index (Phi) is 5.00. The van der Waals surface area contributed by atoms with Crippen molar-refractivity contribution in [1.82, 2.24) is 15.5 Å². The third-order valence-corrected chi connectivity index (χ3v) is 6.86. The summed E-state index contributed by atoms with van der Waals surface area (Å²) in [5, 5.41) is 12.8. The van der Waals surface area contributed by atoms with Crippen molar-refractivity contribution in [2.24, 2.45) is 23.0 Å². The molecule has 0 aliphatic heterocycles. The number of rotatable bonds is 6. The van der Waals surface area contributed by atoms with Gasteiger partial charge in [0.1, 0.15) is 6.10 Å². The number of ether oxygens (including phenoxy) is 1. The second-order valence-electron chi connectivity index (χ2n) is 9.01. The molecule has 1 heterocycles. The topological polar surface area (TPSA) is 139 Å². The molecule has 3 aliphatic carbocycles. The van der Waals surface area contributed by atoms with Gasteiger partial charge < -0.3 is 21.1 Å². The average Bonchev–Trinajstić information content (AvgIpc) is 3.25. The summed E-state index contributed by atoms with van der Waals surface area (Å²) < 4.78 is 5.46. The Morgan fingerprint density at radius 2 is 2.10 bits per heavy atom. The highest BCUT2D eigenvalue weighted by Crippen LogP contribution is 2.64. The van der Waals surface area contributed by atoms with Crippen molar-refractivity contribution >= 4 is 23.7 Å². The van der Waals surface area contributed by atoms with Crippen LogP contribution in [0.3, 0.4) is 0 Å². The molecule has 3 amide bonds. The van der Waals surface area contributed by atoms with Crippen LogP contribution in [0.15, 0.2) is 6.07 Å². The number of carbonyl (C=O) groups is 3. The van der Waals surface area contributed by atoms with E-state index in [1.165, 1.54) is 0 Å². The molecular formula is C20H29N5O4. The van der Waals surface area contributed by atoms with E-state index >= 15 is 0 Å². The molecule has 3 unspecified atom stereocenters. The van der Waals surface area contributed by atoms with E-state index in [2.05, 4.69) is 20.8 Å². The van der Waals surface area contributed by atoms with Crippen LogP contribution in [0.1, 0.15) is 64.0 Å². The molecule has 3 saturated carbocycles. The van der Waals surface area contributed by atoms with Crippen LogP contribution >= 0.6 is 0 Å². The molecule has 3 aliphatic rings. The first kappa shape index (κ1) is 19.7. The molecule has 158 valence electrons. The van der Waals surface area contributed by atoms with Crippen molar-refractivity contribution in [2.75, 3.05) is 5.32 Å². The number of primary amides is 1. The van der Waals surface area contributed by atoms with Gasteiger partial charge >= 0.3 is 6.09 Å². The predicted octanol–water partition coefficient (Wildman–Crippen LogP) is 2.02. The van der Waals surface area contributed by atoms with E-state index in [4.69, 9.17) is 10.5 Å². The predicted molar refractivity (Wildman–Crippen MR) is 105 cm³/mol. The Labute approximate surface area is 169 Å². The first-order chi connectivity index (χ1) is 13.8. The molecule has 0 bridgehead atoms. The number of hydrogen-bond donors (Lipinski definition) is 4. The van der Waals surface area contributed by atoms with Crippen molar-refractivity contribution in [2.45, 2.75) is 70.4 Å². The summed E-state index contributed by atoms with van der Waals surface area (Å²) in [6, 6.07) is 1.89. The van der Waals surface area contributed by atoms with E-state index < -0.39 is 5.41 Å². The van der Waals surface area contributed by atoms with E-state index in [1.54, 1.807) is 0 Å². The number of fused-ring (bicyclic) bond motifs is 1. The molecule has 0 radical (unpaired) electrons. The van der Waals surface area contributed by atoms with E-state index in [1.807, 2.05) is 19.9 Å². The number of nitrogens with two attached hydrogens (primary N) is 1. The largest absolute Gasteiger partial charge is 0.446 e. The Morgan fingerprint density at radius 3 is 2.72 bits per heavy atom. The van der Waals surface area contributed by atoms with Gasteiger partial charge in [-0.05, 0) is 58.3 Å². The summed E-state index contributed by atoms with van der Waals surface area (Å²) >= 11 is 0. The zero-order valence-corrected chi connectivity index (χ0v) is 16.9. The minimum absolute atomic E-state index is 0.0437. The van der Waals surface area contributed by atoms with Crippen LogP contribution in [0.25, 0.3) is 0 Å². The van der Waals surface area contributed by atoms with Crippen molar-refractivity contribution in [1.29, 1.82) is 0 Å². The van der Waals surface area contributed by atoms with Crippen molar-refractivity contribution in [3.63, 3.8) is 0 Å². The molecular weight excluding hydrogens is 374 g/mol. The van der Waals surface area contributed by atoms with Gasteiger partial charge in [0, 0.05) is 29.6 Å². The van der Waals surface area contributed by atoms with E-state index in [-0.39, 0.29) is 47.8 Å². The highest BCUT2D eigenvalue weighted by molar-refractivity contribution is 5.96. The molecule has 1 aromatic rings. The number of aromatic amines is 1. The summed E-state index contributed by atoms with van der Waals surface area (Å²) in [4.78, 5) is 36.0. The van der Waals surface area contributed by atoms with Crippen LogP contribution in [-0.4, -0.2) is 40.3 Å². The minimum Gasteiger partial charge on any atom is -0.446 e. The Hall–Kier alpha value is -2.58. The van der Waals surface area contributed by atoms with Crippen LogP contribution in [0.4, 0.5) is 10.6 Å². The highest BCUT2D eigenvalue weighted by atomic mass is 16.6. The molecule has 1 aromatic heterocycles. The van der Waals surface area contributed by atoms with Gasteiger partial charge in [0.2, 0.25) is 11.8 Å². The minimum atomic E-state index is -0.445. The SMILES string of the molecule is CC(C)NC(=O)O[C@@H]1CC[C@H](c2cc(NC(=O)C3CC4(C(N)=O)CCC34)n[nH]2)C1. The maximum atomic E-state index is 12.6. The molecule has 0 saturated heterocycles. The summed E-state index contributed by atoms with van der Waals surface area (Å²) in [7, 11) is 0. The van der Waals surface area contributed by atoms with E-state index in [0.29, 0.717) is 12.2 Å². The number of nitrogens with zero attached hydrogens (tertiary/aromatic N) is 1. The van der Waals surface area contributed by atoms with Crippen molar-refractivity contribution in [3.8, 4) is 0 Å².